The number of rotatable bonds is 13. The molecule has 1 amide bonds. The Labute approximate surface area is 235 Å². The van der Waals surface area contributed by atoms with Crippen molar-refractivity contribution >= 4 is 41.7 Å². The smallest absolute Gasteiger partial charge is 0.382 e. The lowest BCUT2D eigenvalue weighted by Crippen LogP contribution is -2.76. The van der Waals surface area contributed by atoms with E-state index in [1.54, 1.807) is 0 Å². The zero-order chi connectivity index (χ0) is 31.5. The molecule has 0 unspecified atom stereocenters. The van der Waals surface area contributed by atoms with Gasteiger partial charge in [0.05, 0.1) is 19.8 Å². The first-order valence-electron chi connectivity index (χ1n) is 12.3. The average molecular weight is 593 g/mol. The molecule has 1 heterocycles. The fourth-order valence-electron chi connectivity index (χ4n) is 4.13. The molecule has 0 aliphatic carbocycles. The van der Waals surface area contributed by atoms with Crippen LogP contribution in [0.2, 0.25) is 0 Å². The molecule has 0 aromatic heterocycles. The van der Waals surface area contributed by atoms with Crippen LogP contribution < -0.4 is 11.1 Å². The molecule has 0 radical (unpaired) electrons. The Morgan fingerprint density at radius 3 is 1.93 bits per heavy atom. The first kappa shape index (κ1) is 35.2. The molecular formula is C24H36N2O15. The van der Waals surface area contributed by atoms with Gasteiger partial charge in [0.2, 0.25) is 5.91 Å². The SMILES string of the molecule is COC(=O)[C@]1(OC(C)=O)O[C@@H]([C@H](OC(C)=O)[C@@H](COC(C)=O)OC(C)=O)[C@H](NC(C)=O)[C@@H](OC(C)=O)[C@@H]1OCCN. The van der Waals surface area contributed by atoms with Gasteiger partial charge >= 0.3 is 41.6 Å². The summed E-state index contributed by atoms with van der Waals surface area (Å²) in [6.07, 6.45) is -8.74. The van der Waals surface area contributed by atoms with Gasteiger partial charge in [-0.2, -0.15) is 0 Å². The van der Waals surface area contributed by atoms with Gasteiger partial charge in [0.1, 0.15) is 12.7 Å². The quantitative estimate of drug-likeness (QED) is 0.174. The molecule has 7 atom stereocenters. The van der Waals surface area contributed by atoms with Crippen molar-refractivity contribution in [2.45, 2.75) is 83.9 Å². The molecule has 0 spiro atoms. The van der Waals surface area contributed by atoms with Crippen LogP contribution in [0.15, 0.2) is 0 Å². The number of esters is 6. The first-order chi connectivity index (χ1) is 19.1. The van der Waals surface area contributed by atoms with Crippen molar-refractivity contribution in [2.24, 2.45) is 5.73 Å². The third-order valence-electron chi connectivity index (χ3n) is 5.30. The predicted molar refractivity (Wildman–Crippen MR) is 131 cm³/mol. The summed E-state index contributed by atoms with van der Waals surface area (Å²) in [6, 6.07) is -1.53. The summed E-state index contributed by atoms with van der Waals surface area (Å²) in [5, 5.41) is 2.48. The standard InChI is InChI=1S/C24H36N2O15/c1-11(27)26-18-20(19(38-14(4)30)17(37-13(3)29)10-36-12(2)28)41-24(23(33)34-7,40-16(6)32)22(35-9-8-25)21(18)39-15(5)31/h17-22H,8-10,25H2,1-7H3,(H,26,27)/t17-,18+,19-,20-,21-,22+,24-/m1/s1. The van der Waals surface area contributed by atoms with Crippen LogP contribution in [0.3, 0.4) is 0 Å². The second-order valence-corrected chi connectivity index (χ2v) is 8.74. The fraction of sp³-hybridized carbons (Fsp3) is 0.708. The van der Waals surface area contributed by atoms with E-state index in [2.05, 4.69) is 5.32 Å². The highest BCUT2D eigenvalue weighted by Crippen LogP contribution is 2.39. The highest BCUT2D eigenvalue weighted by atomic mass is 16.8. The summed E-state index contributed by atoms with van der Waals surface area (Å²) in [5.41, 5.74) is 5.57. The van der Waals surface area contributed by atoms with E-state index in [9.17, 15) is 33.6 Å². The Bertz CT molecular complexity index is 1000. The molecule has 1 rings (SSSR count). The highest BCUT2D eigenvalue weighted by molar-refractivity contribution is 5.83. The molecule has 1 aliphatic heterocycles. The van der Waals surface area contributed by atoms with E-state index >= 15 is 0 Å². The molecule has 0 aromatic rings. The van der Waals surface area contributed by atoms with Crippen LogP contribution >= 0.6 is 0 Å². The summed E-state index contributed by atoms with van der Waals surface area (Å²) in [6.45, 7) is 4.97. The minimum absolute atomic E-state index is 0.123. The van der Waals surface area contributed by atoms with E-state index in [0.29, 0.717) is 0 Å². The van der Waals surface area contributed by atoms with Crippen LogP contribution in [0.4, 0.5) is 0 Å². The number of amides is 1. The van der Waals surface area contributed by atoms with Crippen molar-refractivity contribution in [1.29, 1.82) is 0 Å². The van der Waals surface area contributed by atoms with Gasteiger partial charge in [0.15, 0.2) is 24.4 Å². The van der Waals surface area contributed by atoms with Gasteiger partial charge in [-0.3, -0.25) is 28.8 Å². The zero-order valence-electron chi connectivity index (χ0n) is 23.8. The monoisotopic (exact) mass is 592 g/mol. The average Bonchev–Trinajstić information content (AvgIpc) is 2.84. The molecule has 1 saturated heterocycles. The largest absolute Gasteiger partial charge is 0.464 e. The Morgan fingerprint density at radius 2 is 1.49 bits per heavy atom. The lowest BCUT2D eigenvalue weighted by atomic mass is 9.85. The van der Waals surface area contributed by atoms with Gasteiger partial charge in [-0.25, -0.2) is 4.79 Å². The predicted octanol–water partition coefficient (Wildman–Crippen LogP) is -1.98. The Morgan fingerprint density at radius 1 is 0.878 bits per heavy atom. The molecule has 1 fully saturated rings. The van der Waals surface area contributed by atoms with E-state index < -0.39 is 90.7 Å². The number of hydrogen-bond donors (Lipinski definition) is 2. The van der Waals surface area contributed by atoms with Gasteiger partial charge in [-0.1, -0.05) is 0 Å². The van der Waals surface area contributed by atoms with Gasteiger partial charge in [-0.15, -0.1) is 0 Å². The topological polar surface area (TPSA) is 231 Å². The van der Waals surface area contributed by atoms with Crippen molar-refractivity contribution in [3.63, 3.8) is 0 Å². The van der Waals surface area contributed by atoms with Gasteiger partial charge in [-0.05, 0) is 0 Å². The Hall–Kier alpha value is -3.83. The summed E-state index contributed by atoms with van der Waals surface area (Å²) < 4.78 is 42.9. The normalized spacial score (nSPS) is 25.0. The van der Waals surface area contributed by atoms with Crippen LogP contribution in [0.1, 0.15) is 41.5 Å². The molecule has 1 aliphatic rings. The molecule has 0 saturated carbocycles. The van der Waals surface area contributed by atoms with E-state index in [0.717, 1.165) is 48.7 Å². The summed E-state index contributed by atoms with van der Waals surface area (Å²) in [4.78, 5) is 85.9. The number of methoxy groups -OCH3 is 1. The summed E-state index contributed by atoms with van der Waals surface area (Å²) in [5.74, 6) is -9.64. The number of hydrogen-bond acceptors (Lipinski definition) is 16. The summed E-state index contributed by atoms with van der Waals surface area (Å²) >= 11 is 0. The number of ether oxygens (including phenoxy) is 8. The lowest BCUT2D eigenvalue weighted by molar-refractivity contribution is -0.343. The minimum atomic E-state index is -2.85. The molecule has 0 bridgehead atoms. The van der Waals surface area contributed by atoms with Gasteiger partial charge in [0.25, 0.3) is 0 Å². The van der Waals surface area contributed by atoms with Crippen molar-refractivity contribution < 1.29 is 71.5 Å². The van der Waals surface area contributed by atoms with Crippen molar-refractivity contribution in [2.75, 3.05) is 26.9 Å². The second kappa shape index (κ2) is 15.8. The third-order valence-corrected chi connectivity index (χ3v) is 5.30. The molecule has 41 heavy (non-hydrogen) atoms. The number of carbonyl (C=O) groups is 7. The molecule has 17 nitrogen and oxygen atoms in total. The maximum Gasteiger partial charge on any atom is 0.382 e. The molecule has 0 aromatic carbocycles. The number of carbonyl (C=O) groups excluding carboxylic acids is 7. The van der Waals surface area contributed by atoms with E-state index in [4.69, 9.17) is 43.6 Å². The number of nitrogens with one attached hydrogen (secondary N) is 1. The Balaban J connectivity index is 4.07. The van der Waals surface area contributed by atoms with E-state index in [1.807, 2.05) is 0 Å². The van der Waals surface area contributed by atoms with Crippen LogP contribution in [0.25, 0.3) is 0 Å². The Kier molecular flexibility index (Phi) is 13.6. The highest BCUT2D eigenvalue weighted by Gasteiger charge is 2.67. The maximum absolute atomic E-state index is 13.3. The van der Waals surface area contributed by atoms with Crippen molar-refractivity contribution in [1.82, 2.24) is 5.32 Å². The second-order valence-electron chi connectivity index (χ2n) is 8.74. The van der Waals surface area contributed by atoms with Crippen molar-refractivity contribution in [3.05, 3.63) is 0 Å². The first-order valence-corrected chi connectivity index (χ1v) is 12.3. The van der Waals surface area contributed by atoms with Crippen molar-refractivity contribution in [3.8, 4) is 0 Å². The third kappa shape index (κ3) is 9.94. The molecule has 17 heteroatoms. The van der Waals surface area contributed by atoms with Gasteiger partial charge < -0.3 is 48.9 Å². The fourth-order valence-corrected chi connectivity index (χ4v) is 4.13. The van der Waals surface area contributed by atoms with Crippen LogP contribution in [0, 0.1) is 0 Å². The molecule has 3 N–H and O–H groups in total. The van der Waals surface area contributed by atoms with Gasteiger partial charge in [0, 0.05) is 48.1 Å². The van der Waals surface area contributed by atoms with Crippen LogP contribution in [0.5, 0.6) is 0 Å². The maximum atomic E-state index is 13.3. The zero-order valence-corrected chi connectivity index (χ0v) is 23.8. The van der Waals surface area contributed by atoms with Crippen LogP contribution in [-0.4, -0.2) is 111 Å². The minimum Gasteiger partial charge on any atom is -0.464 e. The van der Waals surface area contributed by atoms with Crippen LogP contribution in [-0.2, 0) is 71.5 Å². The summed E-state index contributed by atoms with van der Waals surface area (Å²) in [7, 11) is 0.929. The van der Waals surface area contributed by atoms with E-state index in [-0.39, 0.29) is 13.2 Å². The molecule has 232 valence electrons. The van der Waals surface area contributed by atoms with E-state index in [1.165, 1.54) is 0 Å². The number of nitrogens with two attached hydrogens (primary N) is 1. The molecular weight excluding hydrogens is 556 g/mol. The lowest BCUT2D eigenvalue weighted by Gasteiger charge is -2.51.